The summed E-state index contributed by atoms with van der Waals surface area (Å²) < 4.78 is 104. The molecule has 3 aromatic rings. The number of alkyl halides is 3. The van der Waals surface area contributed by atoms with E-state index in [9.17, 15) is 17.6 Å². The number of benzene rings is 1. The van der Waals surface area contributed by atoms with Crippen LogP contribution in [0.1, 0.15) is 54.2 Å². The Kier molecular flexibility index (Phi) is 6.35. The van der Waals surface area contributed by atoms with Crippen LogP contribution in [0.5, 0.6) is 6.01 Å². The molecule has 7 rings (SSSR count). The minimum absolute atomic E-state index is 0.0108. The number of hydrogen-bond donors (Lipinski definition) is 2. The first-order chi connectivity index (χ1) is 22.5. The van der Waals surface area contributed by atoms with E-state index in [0.29, 0.717) is 44.3 Å². The number of nitrogen functional groups attached to an aromatic ring is 1. The molecule has 3 N–H and O–H groups in total. The number of aromatic nitrogens is 3. The Morgan fingerprint density at radius 3 is 2.84 bits per heavy atom. The summed E-state index contributed by atoms with van der Waals surface area (Å²) in [5.74, 6) is -1.32. The fourth-order valence-electron chi connectivity index (χ4n) is 7.61. The van der Waals surface area contributed by atoms with Crippen LogP contribution >= 0.6 is 11.6 Å². The third kappa shape index (κ3) is 5.16. The first-order valence-corrected chi connectivity index (χ1v) is 15.1. The third-order valence-electron chi connectivity index (χ3n) is 9.52. The molecule has 0 unspecified atom stereocenters. The standard InChI is InChI=1S/C31H33ClF5N7O/c1-16-8-21(38)39-26(23(16)31(35,36)37)22-20(32)9-19-25(24(22)34)40-28(41-27(19)43-13-18-4-6-29(2,14-43)42-18)45-15-30-5-3-7-44(30)12-17(10-30)11-33/h8-9,11,18,42H,3-7,10,12-15H2,1-2H3,(H2,38,39)/b17-11-/t18-,29+,30-/m0/s1/i2D3. The van der Waals surface area contributed by atoms with Crippen LogP contribution in [-0.2, 0) is 6.18 Å². The largest absolute Gasteiger partial charge is 0.461 e. The highest BCUT2D eigenvalue weighted by atomic mass is 35.5. The summed E-state index contributed by atoms with van der Waals surface area (Å²) in [4.78, 5) is 16.7. The van der Waals surface area contributed by atoms with Crippen molar-refractivity contribution in [3.8, 4) is 17.3 Å². The molecular weight excluding hydrogens is 617 g/mol. The van der Waals surface area contributed by atoms with Crippen molar-refractivity contribution in [1.29, 1.82) is 0 Å². The van der Waals surface area contributed by atoms with Crippen LogP contribution in [0.15, 0.2) is 24.0 Å². The summed E-state index contributed by atoms with van der Waals surface area (Å²) in [5.41, 5.74) is 1.40. The van der Waals surface area contributed by atoms with Gasteiger partial charge in [-0.2, -0.15) is 23.1 Å². The smallest absolute Gasteiger partial charge is 0.418 e. The lowest BCUT2D eigenvalue weighted by Gasteiger charge is -2.40. The van der Waals surface area contributed by atoms with Crippen molar-refractivity contribution in [3.05, 3.63) is 46.0 Å². The van der Waals surface area contributed by atoms with Crippen LogP contribution < -0.4 is 20.7 Å². The maximum absolute atomic E-state index is 16.8. The summed E-state index contributed by atoms with van der Waals surface area (Å²) in [6.45, 7) is 0.376. The second-order valence-electron chi connectivity index (χ2n) is 12.7. The van der Waals surface area contributed by atoms with E-state index in [1.807, 2.05) is 0 Å². The SMILES string of the molecule is [2H]C([2H])([2H])[C@@]12CC[C@@H](CN(c3nc(OC[C@@]45CCCN4C/C(=C\F)C5)nc4c(F)c(-c5nc(N)cc(C)c5C(F)(F)F)c(Cl)cc34)C1)N2. The number of fused-ring (bicyclic) bond motifs is 4. The number of nitrogens with two attached hydrogens (primary N) is 1. The normalized spacial score (nSPS) is 28.9. The molecule has 2 aromatic heterocycles. The summed E-state index contributed by atoms with van der Waals surface area (Å²) in [7, 11) is 0. The van der Waals surface area contributed by atoms with Crippen molar-refractivity contribution in [1.82, 2.24) is 25.2 Å². The summed E-state index contributed by atoms with van der Waals surface area (Å²) in [6, 6.07) is 1.85. The molecule has 0 aliphatic carbocycles. The lowest BCUT2D eigenvalue weighted by molar-refractivity contribution is -0.137. The number of rotatable bonds is 5. The minimum atomic E-state index is -4.92. The van der Waals surface area contributed by atoms with Gasteiger partial charge in [0.25, 0.3) is 0 Å². The van der Waals surface area contributed by atoms with Gasteiger partial charge in [-0.3, -0.25) is 4.90 Å². The Balaban J connectivity index is 1.39. The lowest BCUT2D eigenvalue weighted by Crippen LogP contribution is -2.58. The number of nitrogens with zero attached hydrogens (tertiary/aromatic N) is 5. The number of nitrogens with one attached hydrogen (secondary N) is 1. The Morgan fingerprint density at radius 2 is 2.09 bits per heavy atom. The Hall–Kier alpha value is -3.29. The van der Waals surface area contributed by atoms with Crippen molar-refractivity contribution in [2.75, 3.05) is 43.4 Å². The second-order valence-corrected chi connectivity index (χ2v) is 13.1. The molecule has 4 aliphatic rings. The monoisotopic (exact) mass is 652 g/mol. The number of anilines is 2. The number of piperazine rings is 1. The quantitative estimate of drug-likeness (QED) is 0.315. The van der Waals surface area contributed by atoms with Gasteiger partial charge in [-0.1, -0.05) is 11.6 Å². The molecule has 4 saturated heterocycles. The van der Waals surface area contributed by atoms with Gasteiger partial charge in [-0.15, -0.1) is 0 Å². The zero-order valence-corrected chi connectivity index (χ0v) is 25.1. The Morgan fingerprint density at radius 1 is 1.27 bits per heavy atom. The second kappa shape index (κ2) is 10.6. The first-order valence-electron chi connectivity index (χ1n) is 16.3. The van der Waals surface area contributed by atoms with Gasteiger partial charge < -0.3 is 20.7 Å². The topological polar surface area (TPSA) is 92.4 Å². The van der Waals surface area contributed by atoms with Crippen LogP contribution in [0, 0.1) is 12.7 Å². The minimum Gasteiger partial charge on any atom is -0.461 e. The van der Waals surface area contributed by atoms with Crippen molar-refractivity contribution in [3.63, 3.8) is 0 Å². The summed E-state index contributed by atoms with van der Waals surface area (Å²) in [5, 5.41) is 2.92. The van der Waals surface area contributed by atoms with Crippen molar-refractivity contribution in [2.24, 2.45) is 0 Å². The van der Waals surface area contributed by atoms with E-state index in [1.165, 1.54) is 13.0 Å². The molecule has 45 heavy (non-hydrogen) atoms. The summed E-state index contributed by atoms with van der Waals surface area (Å²) >= 11 is 6.59. The molecule has 4 aliphatic heterocycles. The summed E-state index contributed by atoms with van der Waals surface area (Å²) in [6.07, 6.45) is -1.33. The Bertz CT molecular complexity index is 1840. The maximum atomic E-state index is 16.8. The number of aryl methyl sites for hydroxylation is 1. The maximum Gasteiger partial charge on any atom is 0.418 e. The highest BCUT2D eigenvalue weighted by molar-refractivity contribution is 6.34. The van der Waals surface area contributed by atoms with Crippen molar-refractivity contribution >= 4 is 34.1 Å². The van der Waals surface area contributed by atoms with Gasteiger partial charge >= 0.3 is 12.2 Å². The van der Waals surface area contributed by atoms with Crippen LogP contribution in [-0.4, -0.2) is 69.8 Å². The van der Waals surface area contributed by atoms with Crippen LogP contribution in [0.2, 0.25) is 5.02 Å². The fourth-order valence-corrected chi connectivity index (χ4v) is 7.89. The van der Waals surface area contributed by atoms with E-state index in [4.69, 9.17) is 26.2 Å². The van der Waals surface area contributed by atoms with E-state index in [0.717, 1.165) is 25.5 Å². The molecule has 240 valence electrons. The van der Waals surface area contributed by atoms with Gasteiger partial charge in [-0.25, -0.2) is 13.8 Å². The molecular formula is C31H33ClF5N7O. The fraction of sp³-hybridized carbons (Fsp3) is 0.516. The average Bonchev–Trinajstić information content (AvgIpc) is 3.64. The molecule has 0 saturated carbocycles. The van der Waals surface area contributed by atoms with E-state index < -0.39 is 46.7 Å². The van der Waals surface area contributed by atoms with Gasteiger partial charge in [0, 0.05) is 40.7 Å². The van der Waals surface area contributed by atoms with Gasteiger partial charge in [0.15, 0.2) is 5.82 Å². The van der Waals surface area contributed by atoms with Gasteiger partial charge in [0.05, 0.1) is 33.7 Å². The molecule has 0 amide bonds. The molecule has 3 atom stereocenters. The third-order valence-corrected chi connectivity index (χ3v) is 9.81. The highest BCUT2D eigenvalue weighted by Gasteiger charge is 2.48. The van der Waals surface area contributed by atoms with Gasteiger partial charge in [0.1, 0.15) is 23.8 Å². The van der Waals surface area contributed by atoms with E-state index in [1.54, 1.807) is 4.90 Å². The highest BCUT2D eigenvalue weighted by Crippen LogP contribution is 2.46. The number of ether oxygens (including phenoxy) is 1. The average molecular weight is 653 g/mol. The molecule has 14 heteroatoms. The van der Waals surface area contributed by atoms with E-state index >= 15 is 4.39 Å². The van der Waals surface area contributed by atoms with Crippen molar-refractivity contribution in [2.45, 2.75) is 69.2 Å². The molecule has 1 aromatic carbocycles. The lowest BCUT2D eigenvalue weighted by atomic mass is 9.94. The van der Waals surface area contributed by atoms with Crippen LogP contribution in [0.4, 0.5) is 33.6 Å². The zero-order valence-electron chi connectivity index (χ0n) is 27.4. The molecule has 0 radical (unpaired) electrons. The van der Waals surface area contributed by atoms with E-state index in [-0.39, 0.29) is 58.3 Å². The van der Waals surface area contributed by atoms with Crippen molar-refractivity contribution < 1.29 is 30.8 Å². The predicted octanol–water partition coefficient (Wildman–Crippen LogP) is 6.19. The Labute approximate surface area is 266 Å². The zero-order chi connectivity index (χ0) is 34.4. The van der Waals surface area contributed by atoms with E-state index in [2.05, 4.69) is 25.2 Å². The molecule has 8 nitrogen and oxygen atoms in total. The van der Waals surface area contributed by atoms with Gasteiger partial charge in [0.2, 0.25) is 0 Å². The molecule has 2 bridgehead atoms. The molecule has 4 fully saturated rings. The van der Waals surface area contributed by atoms with Crippen LogP contribution in [0.3, 0.4) is 0 Å². The van der Waals surface area contributed by atoms with Crippen LogP contribution in [0.25, 0.3) is 22.2 Å². The predicted molar refractivity (Wildman–Crippen MR) is 162 cm³/mol. The number of hydrogen-bond acceptors (Lipinski definition) is 8. The molecule has 0 spiro atoms. The number of pyridine rings is 1. The number of halogens is 6. The molecule has 6 heterocycles. The first kappa shape index (κ1) is 26.9. The van der Waals surface area contributed by atoms with Gasteiger partial charge in [-0.05, 0) is 75.7 Å².